The smallest absolute Gasteiger partial charge is 0.202 e. The van der Waals surface area contributed by atoms with Gasteiger partial charge in [-0.15, -0.1) is 11.7 Å². The summed E-state index contributed by atoms with van der Waals surface area (Å²) in [4.78, 5) is 12.5. The van der Waals surface area contributed by atoms with Crippen LogP contribution >= 0.6 is 0 Å². The van der Waals surface area contributed by atoms with Crippen LogP contribution in [0.1, 0.15) is 21.7 Å². The number of rotatable bonds is 7. The maximum Gasteiger partial charge on any atom is 0.202 e. The molecule has 0 saturated heterocycles. The summed E-state index contributed by atoms with van der Waals surface area (Å²) in [5.41, 5.74) is 3.39. The fraction of sp³-hybridized carbons (Fsp3) is 0.222. The minimum Gasteiger partial charge on any atom is -0.485 e. The van der Waals surface area contributed by atoms with Gasteiger partial charge in [0.1, 0.15) is 12.1 Å². The molecule has 0 amide bonds. The van der Waals surface area contributed by atoms with Crippen LogP contribution in [0.15, 0.2) is 49.3 Å². The predicted molar refractivity (Wildman–Crippen MR) is 93.1 cm³/mol. The Bertz CT molecular complexity index is 896. The first kappa shape index (κ1) is 16.6. The van der Waals surface area contributed by atoms with Gasteiger partial charge >= 0.3 is 0 Å². The molecule has 25 heavy (non-hydrogen) atoms. The molecule has 0 unspecified atom stereocenters. The molecule has 0 N–H and O–H groups in total. The number of ketones is 1. The second kappa shape index (κ2) is 7.12. The number of allylic oxidation sites excluding steroid dienone is 1. The first-order valence-electron chi connectivity index (χ1n) is 7.87. The van der Waals surface area contributed by atoms with Crippen molar-refractivity contribution in [1.82, 2.24) is 24.8 Å². The zero-order chi connectivity index (χ0) is 17.8. The third kappa shape index (κ3) is 3.50. The van der Waals surface area contributed by atoms with Gasteiger partial charge in [0.2, 0.25) is 5.78 Å². The molecule has 1 aromatic carbocycles. The molecule has 128 valence electrons. The van der Waals surface area contributed by atoms with Crippen molar-refractivity contribution < 1.29 is 9.53 Å². The van der Waals surface area contributed by atoms with Crippen molar-refractivity contribution in [1.29, 1.82) is 0 Å². The van der Waals surface area contributed by atoms with Gasteiger partial charge in [-0.05, 0) is 42.5 Å². The Kier molecular flexibility index (Phi) is 4.74. The second-order valence-corrected chi connectivity index (χ2v) is 5.65. The summed E-state index contributed by atoms with van der Waals surface area (Å²) < 4.78 is 9.24. The molecular weight excluding hydrogens is 318 g/mol. The van der Waals surface area contributed by atoms with Gasteiger partial charge in [0.05, 0.1) is 5.69 Å². The highest BCUT2D eigenvalue weighted by atomic mass is 16.5. The van der Waals surface area contributed by atoms with Crippen LogP contribution in [0.4, 0.5) is 0 Å². The Labute approximate surface area is 145 Å². The van der Waals surface area contributed by atoms with Gasteiger partial charge in [0.25, 0.3) is 0 Å². The van der Waals surface area contributed by atoms with Crippen LogP contribution in [0.2, 0.25) is 0 Å². The number of nitrogens with zero attached hydrogens (tertiary/aromatic N) is 5. The lowest BCUT2D eigenvalue weighted by Gasteiger charge is -2.08. The van der Waals surface area contributed by atoms with Crippen molar-refractivity contribution in [2.45, 2.75) is 20.4 Å². The summed E-state index contributed by atoms with van der Waals surface area (Å²) in [5.74, 6) is 0.525. The van der Waals surface area contributed by atoms with Gasteiger partial charge in [-0.3, -0.25) is 4.79 Å². The molecule has 7 nitrogen and oxygen atoms in total. The molecule has 0 fully saturated rings. The van der Waals surface area contributed by atoms with Gasteiger partial charge in [-0.25, -0.2) is 4.68 Å². The van der Waals surface area contributed by atoms with Crippen molar-refractivity contribution in [3.63, 3.8) is 0 Å². The number of benzene rings is 1. The Morgan fingerprint density at radius 3 is 2.88 bits per heavy atom. The van der Waals surface area contributed by atoms with E-state index in [-0.39, 0.29) is 12.4 Å². The van der Waals surface area contributed by atoms with E-state index in [9.17, 15) is 4.79 Å². The van der Waals surface area contributed by atoms with Crippen molar-refractivity contribution in [3.05, 3.63) is 66.3 Å². The van der Waals surface area contributed by atoms with E-state index in [0.717, 1.165) is 17.1 Å². The molecule has 3 aromatic rings. The highest BCUT2D eigenvalue weighted by Gasteiger charge is 2.15. The van der Waals surface area contributed by atoms with E-state index in [2.05, 4.69) is 26.7 Å². The Hall–Kier alpha value is -3.22. The molecule has 0 aliphatic carbocycles. The average Bonchev–Trinajstić information content (AvgIpc) is 3.24. The van der Waals surface area contributed by atoms with E-state index in [4.69, 9.17) is 4.74 Å². The number of hydrogen-bond acceptors (Lipinski definition) is 5. The van der Waals surface area contributed by atoms with Crippen molar-refractivity contribution >= 4 is 5.78 Å². The molecule has 0 bridgehead atoms. The van der Waals surface area contributed by atoms with Gasteiger partial charge in [0, 0.05) is 29.6 Å². The van der Waals surface area contributed by atoms with Crippen LogP contribution in [0.25, 0.3) is 5.69 Å². The average molecular weight is 337 g/mol. The molecule has 3 rings (SSSR count). The van der Waals surface area contributed by atoms with Crippen LogP contribution in [-0.4, -0.2) is 37.2 Å². The zero-order valence-corrected chi connectivity index (χ0v) is 14.2. The number of carbonyl (C=O) groups is 1. The lowest BCUT2D eigenvalue weighted by molar-refractivity contribution is 0.0921. The molecule has 2 heterocycles. The fourth-order valence-corrected chi connectivity index (χ4v) is 2.72. The number of aromatic nitrogens is 5. The summed E-state index contributed by atoms with van der Waals surface area (Å²) in [5, 5.41) is 11.0. The number of tetrazole rings is 1. The molecule has 2 aromatic heterocycles. The molecule has 0 radical (unpaired) electrons. The highest BCUT2D eigenvalue weighted by molar-refractivity contribution is 5.98. The van der Waals surface area contributed by atoms with Gasteiger partial charge in [-0.2, -0.15) is 0 Å². The second-order valence-electron chi connectivity index (χ2n) is 5.65. The van der Waals surface area contributed by atoms with Gasteiger partial charge < -0.3 is 9.30 Å². The summed E-state index contributed by atoms with van der Waals surface area (Å²) in [6.07, 6.45) is 3.31. The van der Waals surface area contributed by atoms with Crippen molar-refractivity contribution in [2.75, 3.05) is 6.61 Å². The fourth-order valence-electron chi connectivity index (χ4n) is 2.72. The molecule has 0 aliphatic heterocycles. The van der Waals surface area contributed by atoms with E-state index < -0.39 is 0 Å². The third-order valence-corrected chi connectivity index (χ3v) is 3.99. The molecular formula is C18H19N5O2. The Morgan fingerprint density at radius 2 is 2.16 bits per heavy atom. The normalized spacial score (nSPS) is 10.6. The molecule has 0 atom stereocenters. The zero-order valence-electron chi connectivity index (χ0n) is 14.2. The third-order valence-electron chi connectivity index (χ3n) is 3.99. The number of hydrogen-bond donors (Lipinski definition) is 0. The van der Waals surface area contributed by atoms with Crippen LogP contribution < -0.4 is 4.74 Å². The summed E-state index contributed by atoms with van der Waals surface area (Å²) in [6.45, 7) is 8.31. The predicted octanol–water partition coefficient (Wildman–Crippen LogP) is 2.53. The van der Waals surface area contributed by atoms with E-state index in [1.165, 1.54) is 11.0 Å². The van der Waals surface area contributed by atoms with Crippen LogP contribution in [0, 0.1) is 13.8 Å². The Morgan fingerprint density at radius 1 is 1.32 bits per heavy atom. The first-order chi connectivity index (χ1) is 12.1. The van der Waals surface area contributed by atoms with E-state index in [0.29, 0.717) is 17.9 Å². The number of carbonyl (C=O) groups excluding carboxylic acids is 1. The van der Waals surface area contributed by atoms with Crippen molar-refractivity contribution in [2.24, 2.45) is 0 Å². The Balaban J connectivity index is 1.72. The number of aryl methyl sites for hydroxylation is 1. The molecule has 7 heteroatoms. The van der Waals surface area contributed by atoms with E-state index in [1.807, 2.05) is 38.1 Å². The maximum absolute atomic E-state index is 12.5. The summed E-state index contributed by atoms with van der Waals surface area (Å²) in [7, 11) is 0. The maximum atomic E-state index is 12.5. The lowest BCUT2D eigenvalue weighted by atomic mass is 10.1. The van der Waals surface area contributed by atoms with Gasteiger partial charge in [-0.1, -0.05) is 12.1 Å². The first-order valence-corrected chi connectivity index (χ1v) is 7.87. The van der Waals surface area contributed by atoms with Crippen molar-refractivity contribution in [3.8, 4) is 11.4 Å². The summed E-state index contributed by atoms with van der Waals surface area (Å²) in [6, 6.07) is 9.15. The lowest BCUT2D eigenvalue weighted by Crippen LogP contribution is -2.13. The minimum absolute atomic E-state index is 0.0303. The molecule has 0 spiro atoms. The van der Waals surface area contributed by atoms with E-state index >= 15 is 0 Å². The minimum atomic E-state index is -0.0590. The SMILES string of the molecule is C=CCn1c(C)cc(C(=O)COc2cccc(-n3cnnn3)c2)c1C. The standard InChI is InChI=1S/C18H19N5O2/c1-4-8-22-13(2)9-17(14(22)3)18(24)11-25-16-7-5-6-15(10-16)23-12-19-20-21-23/h4-7,9-10,12H,1,8,11H2,2-3H3. The quantitative estimate of drug-likeness (QED) is 0.489. The molecule has 0 aliphatic rings. The number of Topliss-reactive ketones (excluding diaryl/α,β-unsaturated/α-hetero) is 1. The summed E-state index contributed by atoms with van der Waals surface area (Å²) >= 11 is 0. The number of ether oxygens (including phenoxy) is 1. The van der Waals surface area contributed by atoms with Crippen LogP contribution in [0.3, 0.4) is 0 Å². The largest absolute Gasteiger partial charge is 0.485 e. The highest BCUT2D eigenvalue weighted by Crippen LogP contribution is 2.18. The molecule has 0 saturated carbocycles. The van der Waals surface area contributed by atoms with E-state index in [1.54, 1.807) is 12.1 Å². The van der Waals surface area contributed by atoms with Gasteiger partial charge in [0.15, 0.2) is 6.61 Å². The monoisotopic (exact) mass is 337 g/mol. The van der Waals surface area contributed by atoms with Crippen LogP contribution in [0.5, 0.6) is 5.75 Å². The topological polar surface area (TPSA) is 74.8 Å². The van der Waals surface area contributed by atoms with Crippen LogP contribution in [-0.2, 0) is 6.54 Å².